The molecule has 0 bridgehead atoms. The molecule has 0 aromatic heterocycles. The Hall–Kier alpha value is -1.96. The zero-order valence-electron chi connectivity index (χ0n) is 34.9. The summed E-state index contributed by atoms with van der Waals surface area (Å²) >= 11 is -4.98. The molecule has 6 rings (SSSR count). The minimum absolute atomic E-state index is 0.108. The standard InChI is InChI=1S/2C24H29.C2H7Si.2ClH.Zr/c2*1-5-7-10-18-15-20-14-13-19(6-2)24(23(20)16-18)22-12-9-8-11-21(22)17(3)4;1-3-2;;;/h2*8-9,11-17H,5-7,10H2,1-4H3;3H,1-2H3;2*1H;/q;;;;;+2/p-2. The molecule has 0 amide bonds. The number of aryl methyl sites for hydroxylation is 2. The first-order chi connectivity index (χ1) is 25.8. The van der Waals surface area contributed by atoms with E-state index in [1.807, 2.05) is 0 Å². The van der Waals surface area contributed by atoms with E-state index in [0.717, 1.165) is 51.4 Å². The van der Waals surface area contributed by atoms with E-state index in [-0.39, 0.29) is 7.25 Å². The Labute approximate surface area is 337 Å². The minimum atomic E-state index is -4.98. The van der Waals surface area contributed by atoms with Crippen molar-refractivity contribution in [2.75, 3.05) is 0 Å². The third kappa shape index (κ3) is 7.12. The van der Waals surface area contributed by atoms with Crippen molar-refractivity contribution in [1.29, 1.82) is 0 Å². The molecule has 2 aliphatic rings. The van der Waals surface area contributed by atoms with Crippen LogP contribution in [0.4, 0.5) is 0 Å². The second kappa shape index (κ2) is 16.9. The van der Waals surface area contributed by atoms with Gasteiger partial charge in [-0.05, 0) is 0 Å². The average molecular weight is 856 g/mol. The van der Waals surface area contributed by atoms with Gasteiger partial charge in [0.2, 0.25) is 0 Å². The number of hydrogen-bond acceptors (Lipinski definition) is 0. The Morgan fingerprint density at radius 1 is 0.574 bits per heavy atom. The van der Waals surface area contributed by atoms with E-state index < -0.39 is 21.5 Å². The Kier molecular flexibility index (Phi) is 13.0. The number of fused-ring (bicyclic) bond motifs is 2. The van der Waals surface area contributed by atoms with Crippen molar-refractivity contribution < 1.29 is 15.6 Å². The van der Waals surface area contributed by atoms with E-state index >= 15 is 0 Å². The van der Waals surface area contributed by atoms with Crippen LogP contribution in [0.5, 0.6) is 0 Å². The molecule has 4 heteroatoms. The van der Waals surface area contributed by atoms with E-state index in [0.29, 0.717) is 11.8 Å². The molecule has 0 spiro atoms. The predicted molar refractivity (Wildman–Crippen MR) is 242 cm³/mol. The van der Waals surface area contributed by atoms with Crippen LogP contribution in [0.15, 0.2) is 83.9 Å². The first-order valence-electron chi connectivity index (χ1n) is 21.3. The summed E-state index contributed by atoms with van der Waals surface area (Å²) in [5, 5.41) is 0. The van der Waals surface area contributed by atoms with E-state index in [9.17, 15) is 0 Å². The van der Waals surface area contributed by atoms with Crippen molar-refractivity contribution >= 4 is 35.1 Å². The van der Waals surface area contributed by atoms with Crippen molar-refractivity contribution in [1.82, 2.24) is 0 Å². The van der Waals surface area contributed by atoms with Gasteiger partial charge in [0.15, 0.2) is 0 Å². The molecule has 2 aliphatic carbocycles. The van der Waals surface area contributed by atoms with Crippen molar-refractivity contribution in [2.24, 2.45) is 0 Å². The van der Waals surface area contributed by atoms with Gasteiger partial charge in [0, 0.05) is 0 Å². The molecule has 0 heterocycles. The van der Waals surface area contributed by atoms with Crippen LogP contribution in [0, 0.1) is 0 Å². The summed E-state index contributed by atoms with van der Waals surface area (Å²) in [6.07, 6.45) is 13.9. The molecule has 0 N–H and O–H groups in total. The Bertz CT molecular complexity index is 1920. The molecule has 287 valence electrons. The molecule has 4 aromatic rings. The van der Waals surface area contributed by atoms with E-state index in [2.05, 4.69) is 153 Å². The molecular formula is C50H65Cl2SiZr. The predicted octanol–water partition coefficient (Wildman–Crippen LogP) is 16.3. The van der Waals surface area contributed by atoms with E-state index in [4.69, 9.17) is 17.0 Å². The summed E-state index contributed by atoms with van der Waals surface area (Å²) in [7, 11) is 18.0. The number of rotatable bonds is 15. The monoisotopic (exact) mass is 853 g/mol. The molecule has 0 saturated carbocycles. The first kappa shape index (κ1) is 41.7. The van der Waals surface area contributed by atoms with Gasteiger partial charge < -0.3 is 0 Å². The summed E-state index contributed by atoms with van der Waals surface area (Å²) < 4.78 is 0.217. The van der Waals surface area contributed by atoms with Crippen LogP contribution in [-0.4, -0.2) is 5.92 Å². The van der Waals surface area contributed by atoms with Gasteiger partial charge in [-0.15, -0.1) is 0 Å². The summed E-state index contributed by atoms with van der Waals surface area (Å²) in [5.74, 6) is -0.833. The molecule has 0 nitrogen and oxygen atoms in total. The van der Waals surface area contributed by atoms with Crippen molar-refractivity contribution in [3.8, 4) is 22.3 Å². The Morgan fingerprint density at radius 3 is 1.30 bits per heavy atom. The van der Waals surface area contributed by atoms with Crippen LogP contribution in [0.3, 0.4) is 0 Å². The summed E-state index contributed by atoms with van der Waals surface area (Å²) in [6, 6.07) is 28.1. The van der Waals surface area contributed by atoms with E-state index in [1.165, 1.54) is 77.9 Å². The topological polar surface area (TPSA) is 0 Å². The molecule has 4 aromatic carbocycles. The average Bonchev–Trinajstić information content (AvgIpc) is 3.74. The summed E-state index contributed by atoms with van der Waals surface area (Å²) in [4.78, 5) is 0. The van der Waals surface area contributed by atoms with E-state index in [1.54, 1.807) is 0 Å². The number of hydrogen-bond donors (Lipinski definition) is 0. The van der Waals surface area contributed by atoms with Crippen LogP contribution in [-0.2, 0) is 28.4 Å². The zero-order valence-corrected chi connectivity index (χ0v) is 40.0. The van der Waals surface area contributed by atoms with Crippen LogP contribution >= 0.6 is 17.0 Å². The van der Waals surface area contributed by atoms with Gasteiger partial charge in [-0.1, -0.05) is 0 Å². The fourth-order valence-corrected chi connectivity index (χ4v) is 41.6. The second-order valence-corrected chi connectivity index (χ2v) is 59.8. The van der Waals surface area contributed by atoms with Crippen molar-refractivity contribution in [3.05, 3.63) is 128 Å². The van der Waals surface area contributed by atoms with Crippen LogP contribution in [0.1, 0.15) is 158 Å². The summed E-state index contributed by atoms with van der Waals surface area (Å²) in [5.41, 5.74) is 19.9. The third-order valence-electron chi connectivity index (χ3n) is 13.1. The number of allylic oxidation sites excluding steroid dienone is 2. The van der Waals surface area contributed by atoms with Gasteiger partial charge in [0.1, 0.15) is 0 Å². The number of halogens is 2. The molecule has 0 aliphatic heterocycles. The number of unbranched alkanes of at least 4 members (excludes halogenated alkanes) is 2. The van der Waals surface area contributed by atoms with Crippen LogP contribution in [0.25, 0.3) is 34.4 Å². The Balaban J connectivity index is 1.67. The molecule has 54 heavy (non-hydrogen) atoms. The van der Waals surface area contributed by atoms with Crippen molar-refractivity contribution in [2.45, 2.75) is 139 Å². The second-order valence-electron chi connectivity index (χ2n) is 17.3. The third-order valence-corrected chi connectivity index (χ3v) is 64.9. The fourth-order valence-electron chi connectivity index (χ4n) is 10.1. The molecule has 0 saturated heterocycles. The SMILES string of the molecule is CCCCC1=Cc2c(ccc(CC)c2-c2ccccc2C(C)C)[CH]1[Zr]([Cl])([Cl])([CH]1C(CCCC)=Cc2c1ccc(CC)c2-c1ccccc1C(C)C)[SiH](C)C. The maximum atomic E-state index is 9.01. The molecular weight excluding hydrogens is 791 g/mol. The molecule has 2 unspecified atom stereocenters. The van der Waals surface area contributed by atoms with Crippen LogP contribution in [0.2, 0.25) is 13.1 Å². The number of benzene rings is 4. The van der Waals surface area contributed by atoms with Gasteiger partial charge in [0.25, 0.3) is 0 Å². The van der Waals surface area contributed by atoms with Gasteiger partial charge in [-0.2, -0.15) is 0 Å². The van der Waals surface area contributed by atoms with Crippen LogP contribution < -0.4 is 0 Å². The zero-order chi connectivity index (χ0) is 39.0. The molecule has 0 radical (unpaired) electrons. The quantitative estimate of drug-likeness (QED) is 0.105. The first-order valence-corrected chi connectivity index (χ1v) is 37.6. The van der Waals surface area contributed by atoms with Gasteiger partial charge in [-0.25, -0.2) is 0 Å². The molecule has 2 atom stereocenters. The molecule has 0 fully saturated rings. The van der Waals surface area contributed by atoms with Gasteiger partial charge >= 0.3 is 340 Å². The summed E-state index contributed by atoms with van der Waals surface area (Å²) in [6.45, 7) is 23.6. The van der Waals surface area contributed by atoms with Gasteiger partial charge in [0.05, 0.1) is 0 Å². The fraction of sp³-hybridized carbons (Fsp3) is 0.440. The normalized spacial score (nSPS) is 17.5. The maximum absolute atomic E-state index is 9.01. The van der Waals surface area contributed by atoms with Gasteiger partial charge in [-0.3, -0.25) is 0 Å². The van der Waals surface area contributed by atoms with Crippen molar-refractivity contribution in [3.63, 3.8) is 0 Å². The Morgan fingerprint density at radius 2 is 0.963 bits per heavy atom.